The van der Waals surface area contributed by atoms with Gasteiger partial charge in [-0.1, -0.05) is 90.0 Å². The van der Waals surface area contributed by atoms with Gasteiger partial charge in [0, 0.05) is 25.2 Å². The van der Waals surface area contributed by atoms with Crippen LogP contribution in [0, 0.1) is 31.8 Å². The van der Waals surface area contributed by atoms with Gasteiger partial charge in [-0.3, -0.25) is 9.69 Å². The summed E-state index contributed by atoms with van der Waals surface area (Å²) in [6, 6.07) is 27.9. The topological polar surface area (TPSA) is 157 Å². The predicted molar refractivity (Wildman–Crippen MR) is 234 cm³/mol. The largest absolute Gasteiger partial charge is 0.358 e. The number of aryl methyl sites for hydroxylation is 2. The fourth-order valence-corrected chi connectivity index (χ4v) is 9.13. The van der Waals surface area contributed by atoms with Gasteiger partial charge in [-0.15, -0.1) is 0 Å². The van der Waals surface area contributed by atoms with Gasteiger partial charge in [-0.25, -0.2) is 16.0 Å². The van der Waals surface area contributed by atoms with E-state index in [9.17, 15) is 9.59 Å². The number of hydrogen-bond donors (Lipinski definition) is 2. The monoisotopic (exact) mass is 870 g/mol. The van der Waals surface area contributed by atoms with Crippen LogP contribution in [0.2, 0.25) is 0 Å². The maximum Gasteiger partial charge on any atom is 0.325 e. The van der Waals surface area contributed by atoms with E-state index in [-0.39, 0.29) is 64.4 Å². The summed E-state index contributed by atoms with van der Waals surface area (Å²) in [5, 5.41) is 14.4. The molecule has 0 bridgehead atoms. The van der Waals surface area contributed by atoms with Crippen molar-refractivity contribution in [2.45, 2.75) is 103 Å². The third-order valence-corrected chi connectivity index (χ3v) is 12.3. The second-order valence-electron chi connectivity index (χ2n) is 15.5. The molecule has 0 aromatic heterocycles. The highest BCUT2D eigenvalue weighted by Gasteiger charge is 2.53. The number of amides is 3. The molecule has 15 nitrogen and oxygen atoms in total. The van der Waals surface area contributed by atoms with Crippen LogP contribution < -0.4 is 10.6 Å². The lowest BCUT2D eigenvalue weighted by Gasteiger charge is -2.39. The van der Waals surface area contributed by atoms with Crippen molar-refractivity contribution in [3.8, 4) is 6.07 Å². The van der Waals surface area contributed by atoms with Gasteiger partial charge in [0.05, 0.1) is 25.7 Å². The molecule has 2 heterocycles. The van der Waals surface area contributed by atoms with Crippen molar-refractivity contribution in [3.05, 3.63) is 130 Å². The Labute approximate surface area is 367 Å². The molecule has 6 atom stereocenters. The summed E-state index contributed by atoms with van der Waals surface area (Å²) in [5.41, 5.74) is 3.71. The molecule has 2 aliphatic rings. The summed E-state index contributed by atoms with van der Waals surface area (Å²) in [4.78, 5) is 30.7. The van der Waals surface area contributed by atoms with Crippen molar-refractivity contribution < 1.29 is 42.3 Å². The second-order valence-corrected chi connectivity index (χ2v) is 16.9. The Morgan fingerprint density at radius 3 is 2.15 bits per heavy atom. The van der Waals surface area contributed by atoms with E-state index < -0.39 is 50.9 Å². The molecule has 2 aliphatic heterocycles. The average molecular weight is 871 g/mol. The molecular formula is C46H59N6O9P. The van der Waals surface area contributed by atoms with E-state index in [0.29, 0.717) is 0 Å². The van der Waals surface area contributed by atoms with E-state index in [1.54, 1.807) is 12.3 Å². The Balaban J connectivity index is 1.62. The number of rotatable bonds is 23. The molecule has 2 N–H and O–H groups in total. The van der Waals surface area contributed by atoms with Gasteiger partial charge in [0.25, 0.3) is 8.53 Å². The number of benzene rings is 3. The van der Waals surface area contributed by atoms with E-state index in [1.807, 2.05) is 77.9 Å². The van der Waals surface area contributed by atoms with Crippen LogP contribution in [0.1, 0.15) is 68.9 Å². The second kappa shape index (κ2) is 23.6. The van der Waals surface area contributed by atoms with Crippen LogP contribution in [0.15, 0.2) is 91.1 Å². The summed E-state index contributed by atoms with van der Waals surface area (Å²) in [5.74, 6) is -0.318. The minimum atomic E-state index is -1.86. The Hall–Kier alpha value is -4.77. The molecule has 1 fully saturated rings. The highest BCUT2D eigenvalue weighted by Crippen LogP contribution is 2.50. The predicted octanol–water partition coefficient (Wildman–Crippen LogP) is 7.25. The van der Waals surface area contributed by atoms with E-state index in [2.05, 4.69) is 68.7 Å². The number of urea groups is 1. The summed E-state index contributed by atoms with van der Waals surface area (Å²) in [6.07, 6.45) is -1.30. The summed E-state index contributed by atoms with van der Waals surface area (Å²) < 4.78 is 47.5. The summed E-state index contributed by atoms with van der Waals surface area (Å²) >= 11 is 0. The first-order chi connectivity index (χ1) is 29.9. The smallest absolute Gasteiger partial charge is 0.325 e. The summed E-state index contributed by atoms with van der Waals surface area (Å²) in [7, 11) is -1.86. The number of ether oxygens (including phenoxy) is 5. The van der Waals surface area contributed by atoms with Crippen LogP contribution in [-0.2, 0) is 43.1 Å². The molecule has 3 amide bonds. The number of carbonyl (C=O) groups excluding carboxylic acids is 2. The molecule has 3 aromatic carbocycles. The van der Waals surface area contributed by atoms with Crippen LogP contribution >= 0.6 is 8.53 Å². The number of hydrogen-bond acceptors (Lipinski definition) is 11. The maximum atomic E-state index is 13.9. The van der Waals surface area contributed by atoms with Gasteiger partial charge in [0.2, 0.25) is 12.5 Å². The molecule has 5 rings (SSSR count). The SMILES string of the molecule is [C-]#[N+]CCOP(O[C@@H]1C(OCOCOCCC#N)[C@H](N2C=CC(NC(C)=O)NC2=O)O[C@@H]1COC(c1ccccc1)(c1ccc(C)cc1)c1ccc(C)cc1)N(C(C)C)C(C)C. The standard InChI is InChI=1S/C46H59N6O9P/c1-32(2)52(33(3)4)62(59-28-25-48-8)61-42-40(60-44(43(42)57-31-56-30-55-27-12-24-47)51-26-23-41(49-36(7)53)50-45(51)54)29-58-46(37-13-10-9-11-14-37,38-19-15-34(5)16-20-38)39-21-17-35(6)18-22-39/h9-11,13-23,26,32-33,40-44H,12,25,27-31H2,1-7H3,(H,49,53)(H,50,54)/t40-,41?,42+,43?,44-,62?/m1/s1. The van der Waals surface area contributed by atoms with E-state index >= 15 is 0 Å². The van der Waals surface area contributed by atoms with Gasteiger partial charge in [-0.05, 0) is 64.3 Å². The minimum Gasteiger partial charge on any atom is -0.358 e. The number of carbonyl (C=O) groups is 2. The Morgan fingerprint density at radius 1 is 0.952 bits per heavy atom. The van der Waals surface area contributed by atoms with E-state index in [1.165, 1.54) is 11.8 Å². The molecule has 0 spiro atoms. The lowest BCUT2D eigenvalue weighted by Crippen LogP contribution is -2.57. The third kappa shape index (κ3) is 12.4. The van der Waals surface area contributed by atoms with Gasteiger partial charge in [0.15, 0.2) is 6.23 Å². The molecule has 62 heavy (non-hydrogen) atoms. The average Bonchev–Trinajstić information content (AvgIpc) is 3.57. The zero-order valence-electron chi connectivity index (χ0n) is 36.6. The van der Waals surface area contributed by atoms with Crippen molar-refractivity contribution in [1.29, 1.82) is 5.26 Å². The Morgan fingerprint density at radius 2 is 1.58 bits per heavy atom. The lowest BCUT2D eigenvalue weighted by atomic mass is 9.79. The highest BCUT2D eigenvalue weighted by atomic mass is 31.2. The first-order valence-corrected chi connectivity index (χ1v) is 21.9. The molecule has 3 unspecified atom stereocenters. The van der Waals surface area contributed by atoms with Gasteiger partial charge >= 0.3 is 6.03 Å². The molecule has 0 saturated carbocycles. The van der Waals surface area contributed by atoms with Crippen molar-refractivity contribution >= 4 is 20.5 Å². The number of nitrogens with one attached hydrogen (secondary N) is 2. The van der Waals surface area contributed by atoms with E-state index in [0.717, 1.165) is 27.8 Å². The van der Waals surface area contributed by atoms with E-state index in [4.69, 9.17) is 44.6 Å². The van der Waals surface area contributed by atoms with Gasteiger partial charge in [0.1, 0.15) is 50.3 Å². The normalized spacial score (nSPS) is 20.6. The molecule has 16 heteroatoms. The number of nitriles is 1. The molecule has 1 saturated heterocycles. The number of nitrogens with zero attached hydrogens (tertiary/aromatic N) is 4. The molecule has 332 valence electrons. The zero-order valence-corrected chi connectivity index (χ0v) is 37.5. The highest BCUT2D eigenvalue weighted by molar-refractivity contribution is 7.44. The maximum absolute atomic E-state index is 13.9. The van der Waals surface area contributed by atoms with Crippen LogP contribution in [0.5, 0.6) is 0 Å². The van der Waals surface area contributed by atoms with Gasteiger partial charge < -0.3 is 48.2 Å². The van der Waals surface area contributed by atoms with Crippen LogP contribution in [0.3, 0.4) is 0 Å². The first kappa shape index (κ1) is 48.3. The quantitative estimate of drug-likeness (QED) is 0.0325. The fraction of sp³-hybridized carbons (Fsp3) is 0.478. The van der Waals surface area contributed by atoms with Crippen molar-refractivity contribution in [1.82, 2.24) is 20.2 Å². The molecule has 0 radical (unpaired) electrons. The Kier molecular flexibility index (Phi) is 18.4. The molecule has 3 aromatic rings. The fourth-order valence-electron chi connectivity index (χ4n) is 7.37. The van der Waals surface area contributed by atoms with Crippen LogP contribution in [0.25, 0.3) is 4.85 Å². The third-order valence-electron chi connectivity index (χ3n) is 10.2. The molecule has 0 aliphatic carbocycles. The molecular weight excluding hydrogens is 812 g/mol. The Bertz CT molecular complexity index is 1940. The lowest BCUT2D eigenvalue weighted by molar-refractivity contribution is -0.175. The minimum absolute atomic E-state index is 0.0227. The van der Waals surface area contributed by atoms with Crippen molar-refractivity contribution in [3.63, 3.8) is 0 Å². The van der Waals surface area contributed by atoms with Crippen molar-refractivity contribution in [2.75, 3.05) is 40.0 Å². The van der Waals surface area contributed by atoms with Crippen molar-refractivity contribution in [2.24, 2.45) is 0 Å². The van der Waals surface area contributed by atoms with Gasteiger partial charge in [-0.2, -0.15) is 5.26 Å². The summed E-state index contributed by atoms with van der Waals surface area (Å²) in [6.45, 7) is 21.0. The first-order valence-electron chi connectivity index (χ1n) is 20.8. The van der Waals surface area contributed by atoms with Crippen LogP contribution in [-0.4, -0.2) is 104 Å². The zero-order chi connectivity index (χ0) is 44.6. The van der Waals surface area contributed by atoms with Crippen LogP contribution in [0.4, 0.5) is 4.79 Å².